The van der Waals surface area contributed by atoms with Crippen LogP contribution in [0.3, 0.4) is 0 Å². The minimum atomic E-state index is -2.95. The van der Waals surface area contributed by atoms with E-state index in [0.717, 1.165) is 19.5 Å². The molecule has 1 N–H and O–H groups in total. The Bertz CT molecular complexity index is 626. The molecule has 0 atom stereocenters. The van der Waals surface area contributed by atoms with Crippen molar-refractivity contribution in [3.63, 3.8) is 0 Å². The monoisotopic (exact) mass is 294 g/mol. The lowest BCUT2D eigenvalue weighted by Crippen LogP contribution is -2.43. The molecule has 0 unspecified atom stereocenters. The van der Waals surface area contributed by atoms with Gasteiger partial charge in [0.15, 0.2) is 9.84 Å². The van der Waals surface area contributed by atoms with Crippen LogP contribution in [0.4, 0.5) is 0 Å². The van der Waals surface area contributed by atoms with Gasteiger partial charge in [0.05, 0.1) is 11.5 Å². The van der Waals surface area contributed by atoms with Crippen molar-refractivity contribution < 1.29 is 13.2 Å². The fourth-order valence-electron chi connectivity index (χ4n) is 2.71. The predicted octanol–water partition coefficient (Wildman–Crippen LogP) is 0.203. The fraction of sp³-hybridized carbons (Fsp3) is 0.500. The molecule has 2 heterocycles. The average molecular weight is 294 g/mol. The van der Waals surface area contributed by atoms with Crippen molar-refractivity contribution in [1.29, 1.82) is 0 Å². The normalized spacial score (nSPS) is 21.3. The number of hydrogen-bond acceptors (Lipinski definition) is 4. The number of nitrogens with one attached hydrogen (secondary N) is 1. The molecular formula is C14H18N2O3S. The van der Waals surface area contributed by atoms with E-state index in [4.69, 9.17) is 0 Å². The molecule has 5 nitrogen and oxygen atoms in total. The number of carbonyl (C=O) groups is 1. The summed E-state index contributed by atoms with van der Waals surface area (Å²) in [6, 6.07) is 5.81. The highest BCUT2D eigenvalue weighted by Gasteiger charge is 2.26. The molecule has 108 valence electrons. The van der Waals surface area contributed by atoms with E-state index in [2.05, 4.69) is 5.32 Å². The highest BCUT2D eigenvalue weighted by atomic mass is 32.2. The molecule has 2 aliphatic rings. The van der Waals surface area contributed by atoms with Crippen molar-refractivity contribution in [2.45, 2.75) is 13.0 Å². The fourth-order valence-corrected chi connectivity index (χ4v) is 3.91. The van der Waals surface area contributed by atoms with E-state index in [1.54, 1.807) is 4.90 Å². The third-order valence-corrected chi connectivity index (χ3v) is 5.58. The Kier molecular flexibility index (Phi) is 3.52. The van der Waals surface area contributed by atoms with Crippen LogP contribution >= 0.6 is 0 Å². The number of fused-ring (bicyclic) bond motifs is 1. The summed E-state index contributed by atoms with van der Waals surface area (Å²) in [5.74, 6) is 0.0875. The molecule has 1 amide bonds. The van der Waals surface area contributed by atoms with E-state index < -0.39 is 9.84 Å². The molecule has 0 aromatic heterocycles. The quantitative estimate of drug-likeness (QED) is 0.804. The smallest absolute Gasteiger partial charge is 0.253 e. The van der Waals surface area contributed by atoms with E-state index in [0.29, 0.717) is 18.7 Å². The summed E-state index contributed by atoms with van der Waals surface area (Å²) < 4.78 is 22.8. The number of rotatable bonds is 1. The van der Waals surface area contributed by atoms with Gasteiger partial charge < -0.3 is 10.2 Å². The summed E-state index contributed by atoms with van der Waals surface area (Å²) in [4.78, 5) is 14.0. The zero-order chi connectivity index (χ0) is 14.2. The van der Waals surface area contributed by atoms with Gasteiger partial charge in [-0.2, -0.15) is 0 Å². The maximum Gasteiger partial charge on any atom is 0.253 e. The number of carbonyl (C=O) groups excluding carboxylic acids is 1. The molecule has 1 aromatic carbocycles. The number of hydrogen-bond donors (Lipinski definition) is 1. The lowest BCUT2D eigenvalue weighted by molar-refractivity contribution is 0.0770. The van der Waals surface area contributed by atoms with Crippen LogP contribution in [-0.2, 0) is 22.8 Å². The summed E-state index contributed by atoms with van der Waals surface area (Å²) in [5.41, 5.74) is 3.13. The Morgan fingerprint density at radius 3 is 2.65 bits per heavy atom. The van der Waals surface area contributed by atoms with Gasteiger partial charge >= 0.3 is 0 Å². The minimum absolute atomic E-state index is 0.0618. The Labute approximate surface area is 118 Å². The lowest BCUT2D eigenvalue weighted by Gasteiger charge is -2.27. The second-order valence-electron chi connectivity index (χ2n) is 5.35. The molecular weight excluding hydrogens is 276 g/mol. The van der Waals surface area contributed by atoms with Crippen LogP contribution in [0.25, 0.3) is 0 Å². The summed E-state index contributed by atoms with van der Waals surface area (Å²) in [7, 11) is -2.95. The number of amides is 1. The van der Waals surface area contributed by atoms with Gasteiger partial charge in [-0.05, 0) is 36.2 Å². The molecule has 1 saturated heterocycles. The van der Waals surface area contributed by atoms with E-state index in [9.17, 15) is 13.2 Å². The first kappa shape index (κ1) is 13.6. The summed E-state index contributed by atoms with van der Waals surface area (Å²) >= 11 is 0. The highest BCUT2D eigenvalue weighted by Crippen LogP contribution is 2.18. The van der Waals surface area contributed by atoms with Crippen LogP contribution < -0.4 is 5.32 Å². The van der Waals surface area contributed by atoms with E-state index >= 15 is 0 Å². The maximum absolute atomic E-state index is 12.4. The molecule has 3 rings (SSSR count). The molecule has 0 aliphatic carbocycles. The predicted molar refractivity (Wildman–Crippen MR) is 76.4 cm³/mol. The Balaban J connectivity index is 1.77. The van der Waals surface area contributed by atoms with Crippen LogP contribution in [0.5, 0.6) is 0 Å². The molecule has 20 heavy (non-hydrogen) atoms. The first-order chi connectivity index (χ1) is 9.55. The maximum atomic E-state index is 12.4. The minimum Gasteiger partial charge on any atom is -0.337 e. The third-order valence-electron chi connectivity index (χ3n) is 3.97. The van der Waals surface area contributed by atoms with Gasteiger partial charge in [0.2, 0.25) is 0 Å². The van der Waals surface area contributed by atoms with Crippen molar-refractivity contribution in [2.24, 2.45) is 0 Å². The second kappa shape index (κ2) is 5.18. The highest BCUT2D eigenvalue weighted by molar-refractivity contribution is 7.91. The van der Waals surface area contributed by atoms with Crippen molar-refractivity contribution in [2.75, 3.05) is 31.1 Å². The van der Waals surface area contributed by atoms with Gasteiger partial charge in [-0.1, -0.05) is 6.07 Å². The third kappa shape index (κ3) is 2.71. The van der Waals surface area contributed by atoms with Crippen LogP contribution in [0.15, 0.2) is 18.2 Å². The second-order valence-corrected chi connectivity index (χ2v) is 7.66. The molecule has 0 bridgehead atoms. The molecule has 0 spiro atoms. The van der Waals surface area contributed by atoms with Crippen LogP contribution in [0.1, 0.15) is 21.5 Å². The summed E-state index contributed by atoms with van der Waals surface area (Å²) in [6.07, 6.45) is 0.992. The van der Waals surface area contributed by atoms with Crippen molar-refractivity contribution in [1.82, 2.24) is 10.2 Å². The van der Waals surface area contributed by atoms with Crippen molar-refractivity contribution in [3.05, 3.63) is 34.9 Å². The lowest BCUT2D eigenvalue weighted by atomic mass is 9.98. The SMILES string of the molecule is O=C(c1ccc2c(c1)CNCC2)N1CCS(=O)(=O)CC1. The Morgan fingerprint density at radius 2 is 1.90 bits per heavy atom. The van der Waals surface area contributed by atoms with E-state index in [1.165, 1.54) is 11.1 Å². The molecule has 6 heteroatoms. The number of benzene rings is 1. The molecule has 0 saturated carbocycles. The Hall–Kier alpha value is -1.40. The van der Waals surface area contributed by atoms with Gasteiger partial charge in [-0.25, -0.2) is 8.42 Å². The van der Waals surface area contributed by atoms with Gasteiger partial charge in [-0.15, -0.1) is 0 Å². The van der Waals surface area contributed by atoms with Crippen LogP contribution in [0.2, 0.25) is 0 Å². The first-order valence-electron chi connectivity index (χ1n) is 6.87. The van der Waals surface area contributed by atoms with E-state index in [-0.39, 0.29) is 17.4 Å². The first-order valence-corrected chi connectivity index (χ1v) is 8.69. The zero-order valence-corrected chi connectivity index (χ0v) is 12.1. The van der Waals surface area contributed by atoms with Crippen molar-refractivity contribution >= 4 is 15.7 Å². The van der Waals surface area contributed by atoms with E-state index in [1.807, 2.05) is 18.2 Å². The number of nitrogens with zero attached hydrogens (tertiary/aromatic N) is 1. The zero-order valence-electron chi connectivity index (χ0n) is 11.3. The van der Waals surface area contributed by atoms with Gasteiger partial charge in [0.1, 0.15) is 0 Å². The van der Waals surface area contributed by atoms with Gasteiger partial charge in [-0.3, -0.25) is 4.79 Å². The standard InChI is InChI=1S/C14H18N2O3S/c17-14(16-5-7-20(18,19)8-6-16)12-2-1-11-3-4-15-10-13(11)9-12/h1-2,9,15H,3-8,10H2. The van der Waals surface area contributed by atoms with Crippen LogP contribution in [-0.4, -0.2) is 50.4 Å². The molecule has 1 aromatic rings. The van der Waals surface area contributed by atoms with Gasteiger partial charge in [0.25, 0.3) is 5.91 Å². The summed E-state index contributed by atoms with van der Waals surface area (Å²) in [5, 5.41) is 3.29. The summed E-state index contributed by atoms with van der Waals surface area (Å²) in [6.45, 7) is 2.38. The molecule has 2 aliphatic heterocycles. The molecule has 0 radical (unpaired) electrons. The Morgan fingerprint density at radius 1 is 1.15 bits per heavy atom. The van der Waals surface area contributed by atoms with Crippen LogP contribution in [0, 0.1) is 0 Å². The largest absolute Gasteiger partial charge is 0.337 e. The molecule has 1 fully saturated rings. The average Bonchev–Trinajstić information content (AvgIpc) is 2.46. The van der Waals surface area contributed by atoms with Crippen molar-refractivity contribution in [3.8, 4) is 0 Å². The topological polar surface area (TPSA) is 66.5 Å². The van der Waals surface area contributed by atoms with Gasteiger partial charge in [0, 0.05) is 25.2 Å². The number of sulfone groups is 1.